The molecular formula is C16H30N6O3. The van der Waals surface area contributed by atoms with Crippen LogP contribution in [0.1, 0.15) is 6.42 Å². The van der Waals surface area contributed by atoms with E-state index in [1.807, 2.05) is 11.9 Å². The Labute approximate surface area is 149 Å². The van der Waals surface area contributed by atoms with Gasteiger partial charge in [0, 0.05) is 80.5 Å². The van der Waals surface area contributed by atoms with Crippen molar-refractivity contribution in [2.75, 3.05) is 80.5 Å². The molecule has 2 aliphatic rings. The molecule has 0 aromatic rings. The fourth-order valence-electron chi connectivity index (χ4n) is 3.14. The van der Waals surface area contributed by atoms with Gasteiger partial charge in [-0.3, -0.25) is 0 Å². The highest BCUT2D eigenvalue weighted by Crippen LogP contribution is 2.11. The van der Waals surface area contributed by atoms with Gasteiger partial charge in [-0.1, -0.05) is 0 Å². The third-order valence-electron chi connectivity index (χ3n) is 4.75. The van der Waals surface area contributed by atoms with Crippen molar-refractivity contribution >= 4 is 18.1 Å². The average Bonchev–Trinajstić information content (AvgIpc) is 2.93. The summed E-state index contributed by atoms with van der Waals surface area (Å²) in [5.41, 5.74) is 0. The summed E-state index contributed by atoms with van der Waals surface area (Å²) in [4.78, 5) is 46.6. The highest BCUT2D eigenvalue weighted by atomic mass is 16.2. The second kappa shape index (κ2) is 8.26. The number of hydrogen-bond acceptors (Lipinski definition) is 3. The molecule has 9 heteroatoms. The molecule has 0 unspecified atom stereocenters. The van der Waals surface area contributed by atoms with Crippen LogP contribution in [0.3, 0.4) is 0 Å². The van der Waals surface area contributed by atoms with Crippen LogP contribution in [0.15, 0.2) is 0 Å². The molecule has 2 saturated heterocycles. The van der Waals surface area contributed by atoms with Gasteiger partial charge in [-0.25, -0.2) is 14.4 Å². The fourth-order valence-corrected chi connectivity index (χ4v) is 3.14. The predicted molar refractivity (Wildman–Crippen MR) is 94.5 cm³/mol. The molecule has 2 heterocycles. The van der Waals surface area contributed by atoms with Gasteiger partial charge in [0.15, 0.2) is 0 Å². The van der Waals surface area contributed by atoms with E-state index >= 15 is 0 Å². The summed E-state index contributed by atoms with van der Waals surface area (Å²) in [6, 6.07) is -0.0432. The maximum Gasteiger partial charge on any atom is 0.320 e. The lowest BCUT2D eigenvalue weighted by Gasteiger charge is -2.34. The van der Waals surface area contributed by atoms with E-state index in [4.69, 9.17) is 0 Å². The Morgan fingerprint density at radius 2 is 1.44 bits per heavy atom. The normalized spacial score (nSPS) is 18.2. The summed E-state index contributed by atoms with van der Waals surface area (Å²) in [7, 11) is 6.96. The van der Waals surface area contributed by atoms with Crippen molar-refractivity contribution in [3.05, 3.63) is 0 Å². The molecule has 2 fully saturated rings. The minimum absolute atomic E-state index is 0.0106. The van der Waals surface area contributed by atoms with Gasteiger partial charge >= 0.3 is 18.1 Å². The lowest BCUT2D eigenvalue weighted by atomic mass is 10.3. The Balaban J connectivity index is 1.75. The van der Waals surface area contributed by atoms with E-state index in [2.05, 4.69) is 0 Å². The summed E-state index contributed by atoms with van der Waals surface area (Å²) < 4.78 is 0. The van der Waals surface area contributed by atoms with Crippen LogP contribution in [0.5, 0.6) is 0 Å². The molecule has 6 amide bonds. The van der Waals surface area contributed by atoms with Crippen LogP contribution in [0.2, 0.25) is 0 Å². The molecule has 0 bridgehead atoms. The van der Waals surface area contributed by atoms with Crippen LogP contribution >= 0.6 is 0 Å². The van der Waals surface area contributed by atoms with Crippen LogP contribution < -0.4 is 0 Å². The summed E-state index contributed by atoms with van der Waals surface area (Å²) in [5, 5.41) is 0. The second-order valence-corrected chi connectivity index (χ2v) is 6.90. The zero-order chi connectivity index (χ0) is 18.6. The van der Waals surface area contributed by atoms with E-state index in [-0.39, 0.29) is 18.1 Å². The van der Waals surface area contributed by atoms with E-state index in [1.54, 1.807) is 40.7 Å². The zero-order valence-corrected chi connectivity index (χ0v) is 15.8. The summed E-state index contributed by atoms with van der Waals surface area (Å²) in [6.07, 6.45) is 0.967. The van der Waals surface area contributed by atoms with Crippen molar-refractivity contribution in [3.63, 3.8) is 0 Å². The maximum absolute atomic E-state index is 12.5. The maximum atomic E-state index is 12.5. The number of nitrogens with zero attached hydrogens (tertiary/aromatic N) is 6. The highest BCUT2D eigenvalue weighted by Gasteiger charge is 2.30. The monoisotopic (exact) mass is 354 g/mol. The van der Waals surface area contributed by atoms with Crippen LogP contribution in [0.4, 0.5) is 14.4 Å². The quantitative estimate of drug-likeness (QED) is 0.679. The lowest BCUT2D eigenvalue weighted by molar-refractivity contribution is 0.134. The van der Waals surface area contributed by atoms with E-state index in [9.17, 15) is 14.4 Å². The number of amides is 6. The predicted octanol–water partition coefficient (Wildman–Crippen LogP) is 0.0949. The second-order valence-electron chi connectivity index (χ2n) is 6.90. The SMILES string of the molecule is CN(C)C(=O)N(C)CCN1CCN(CCN2CCCN(C)C2=O)C1=O. The molecule has 0 radical (unpaired) electrons. The van der Waals surface area contributed by atoms with Gasteiger partial charge in [-0.15, -0.1) is 0 Å². The lowest BCUT2D eigenvalue weighted by Crippen LogP contribution is -2.50. The molecule has 0 N–H and O–H groups in total. The zero-order valence-electron chi connectivity index (χ0n) is 15.8. The molecule has 0 saturated carbocycles. The van der Waals surface area contributed by atoms with Crippen molar-refractivity contribution in [1.29, 1.82) is 0 Å². The molecule has 0 aromatic carbocycles. The number of likely N-dealkylation sites (N-methyl/N-ethyl adjacent to an activating group) is 1. The minimum atomic E-state index is -0.0729. The Morgan fingerprint density at radius 1 is 0.880 bits per heavy atom. The fraction of sp³-hybridized carbons (Fsp3) is 0.812. The number of carbonyl (C=O) groups excluding carboxylic acids is 3. The van der Waals surface area contributed by atoms with Crippen LogP contribution in [0.25, 0.3) is 0 Å². The van der Waals surface area contributed by atoms with Crippen LogP contribution in [-0.2, 0) is 0 Å². The van der Waals surface area contributed by atoms with Gasteiger partial charge in [0.1, 0.15) is 0 Å². The third-order valence-corrected chi connectivity index (χ3v) is 4.75. The molecule has 9 nitrogen and oxygen atoms in total. The van der Waals surface area contributed by atoms with Crippen molar-refractivity contribution < 1.29 is 14.4 Å². The molecule has 2 rings (SSSR count). The molecule has 2 aliphatic heterocycles. The van der Waals surface area contributed by atoms with Crippen molar-refractivity contribution in [3.8, 4) is 0 Å². The Kier molecular flexibility index (Phi) is 6.33. The first-order valence-corrected chi connectivity index (χ1v) is 8.77. The number of urea groups is 3. The standard InChI is InChI=1S/C16H30N6O3/c1-17(2)14(23)19(4)8-9-21-12-13-22(16(21)25)11-10-20-7-5-6-18(3)15(20)24/h5-13H2,1-4H3. The van der Waals surface area contributed by atoms with Crippen molar-refractivity contribution in [1.82, 2.24) is 29.4 Å². The van der Waals surface area contributed by atoms with Gasteiger partial charge < -0.3 is 29.4 Å². The van der Waals surface area contributed by atoms with Crippen LogP contribution in [-0.4, -0.2) is 128 Å². The van der Waals surface area contributed by atoms with Crippen molar-refractivity contribution in [2.45, 2.75) is 6.42 Å². The summed E-state index contributed by atoms with van der Waals surface area (Å²) in [5.74, 6) is 0. The first kappa shape index (κ1) is 19.1. The number of carbonyl (C=O) groups is 3. The van der Waals surface area contributed by atoms with Crippen LogP contribution in [0, 0.1) is 0 Å². The smallest absolute Gasteiger partial charge is 0.320 e. The topological polar surface area (TPSA) is 70.7 Å². The average molecular weight is 354 g/mol. The highest BCUT2D eigenvalue weighted by molar-refractivity contribution is 5.77. The van der Waals surface area contributed by atoms with Gasteiger partial charge in [0.05, 0.1) is 0 Å². The van der Waals surface area contributed by atoms with Gasteiger partial charge in [-0.2, -0.15) is 0 Å². The Bertz CT molecular complexity index is 512. The van der Waals surface area contributed by atoms with E-state index in [0.717, 1.165) is 19.5 Å². The Hall–Kier alpha value is -2.19. The van der Waals surface area contributed by atoms with E-state index in [0.29, 0.717) is 39.3 Å². The molecule has 0 aromatic heterocycles. The Morgan fingerprint density at radius 3 is 2.04 bits per heavy atom. The molecule has 25 heavy (non-hydrogen) atoms. The number of hydrogen-bond donors (Lipinski definition) is 0. The molecule has 0 spiro atoms. The van der Waals surface area contributed by atoms with Gasteiger partial charge in [0.25, 0.3) is 0 Å². The summed E-state index contributed by atoms with van der Waals surface area (Å²) >= 11 is 0. The van der Waals surface area contributed by atoms with Crippen molar-refractivity contribution in [2.24, 2.45) is 0 Å². The minimum Gasteiger partial charge on any atom is -0.331 e. The molecule has 142 valence electrons. The number of rotatable bonds is 6. The largest absolute Gasteiger partial charge is 0.331 e. The molecular weight excluding hydrogens is 324 g/mol. The molecule has 0 atom stereocenters. The first-order chi connectivity index (χ1) is 11.8. The summed E-state index contributed by atoms with van der Waals surface area (Å²) in [6.45, 7) is 5.04. The van der Waals surface area contributed by atoms with Gasteiger partial charge in [0.2, 0.25) is 0 Å². The van der Waals surface area contributed by atoms with E-state index in [1.165, 1.54) is 4.90 Å². The molecule has 0 aliphatic carbocycles. The van der Waals surface area contributed by atoms with E-state index < -0.39 is 0 Å². The first-order valence-electron chi connectivity index (χ1n) is 8.77. The third kappa shape index (κ3) is 4.67. The van der Waals surface area contributed by atoms with Gasteiger partial charge in [-0.05, 0) is 6.42 Å².